The fraction of sp³-hybridized carbons (Fsp3) is 0.826. The highest BCUT2D eigenvalue weighted by molar-refractivity contribution is 5.90. The molecule has 1 aliphatic heterocycles. The van der Waals surface area contributed by atoms with Crippen LogP contribution in [0.3, 0.4) is 0 Å². The van der Waals surface area contributed by atoms with Crippen LogP contribution in [0.4, 0.5) is 0 Å². The molecule has 2 saturated carbocycles. The van der Waals surface area contributed by atoms with Gasteiger partial charge in [-0.05, 0) is 81.8 Å². The minimum absolute atomic E-state index is 0.103. The number of carbonyl (C=O) groups is 2. The molecule has 0 aromatic heterocycles. The minimum Gasteiger partial charge on any atom is -0.356 e. The number of hydrogen-bond donors (Lipinski definition) is 2. The standard InChI is InChI=1S/C23H37N3O2/c1-2-3-12-24-21(27)19-17-8-9-18(23(17)10-11-23)20(19)22(28)25-13-4-5-14-26-15-6-7-16-26/h8-9,17-20H,2-7,10-16H2,1H3,(H,24,27)(H,25,28)/t17-,18-,19-,20-/m1/s1. The minimum atomic E-state index is -0.169. The highest BCUT2D eigenvalue weighted by Gasteiger charge is 2.69. The zero-order valence-corrected chi connectivity index (χ0v) is 17.4. The topological polar surface area (TPSA) is 61.4 Å². The lowest BCUT2D eigenvalue weighted by Gasteiger charge is -2.26. The van der Waals surface area contributed by atoms with Gasteiger partial charge in [0.25, 0.3) is 0 Å². The molecular formula is C23H37N3O2. The Balaban J connectivity index is 1.30. The second-order valence-corrected chi connectivity index (χ2v) is 9.41. The summed E-state index contributed by atoms with van der Waals surface area (Å²) in [5.74, 6) is 0.413. The lowest BCUT2D eigenvalue weighted by Crippen LogP contribution is -2.44. The number of carbonyl (C=O) groups excluding carboxylic acids is 2. The van der Waals surface area contributed by atoms with Crippen molar-refractivity contribution in [1.29, 1.82) is 0 Å². The number of nitrogens with zero attached hydrogens (tertiary/aromatic N) is 1. The number of allylic oxidation sites excluding steroid dienone is 2. The van der Waals surface area contributed by atoms with E-state index in [-0.39, 0.29) is 40.9 Å². The lowest BCUT2D eigenvalue weighted by atomic mass is 9.81. The first-order valence-electron chi connectivity index (χ1n) is 11.6. The van der Waals surface area contributed by atoms with Gasteiger partial charge in [-0.1, -0.05) is 25.5 Å². The van der Waals surface area contributed by atoms with E-state index in [9.17, 15) is 9.59 Å². The average molecular weight is 388 g/mol. The van der Waals surface area contributed by atoms with Crippen LogP contribution in [0, 0.1) is 29.1 Å². The van der Waals surface area contributed by atoms with E-state index in [1.165, 1.54) is 38.8 Å². The second kappa shape index (κ2) is 8.56. The summed E-state index contributed by atoms with van der Waals surface area (Å²) in [4.78, 5) is 28.5. The van der Waals surface area contributed by atoms with E-state index in [2.05, 4.69) is 34.6 Å². The highest BCUT2D eigenvalue weighted by Crippen LogP contribution is 2.72. The molecular weight excluding hydrogens is 350 g/mol. The molecule has 2 amide bonds. The van der Waals surface area contributed by atoms with Crippen molar-refractivity contribution in [1.82, 2.24) is 15.5 Å². The van der Waals surface area contributed by atoms with E-state index in [1.807, 2.05) is 0 Å². The first-order chi connectivity index (χ1) is 13.7. The average Bonchev–Trinajstić information content (AvgIpc) is 3.05. The van der Waals surface area contributed by atoms with Gasteiger partial charge in [0, 0.05) is 13.1 Å². The lowest BCUT2D eigenvalue weighted by molar-refractivity contribution is -0.135. The number of unbranched alkanes of at least 4 members (excludes halogenated alkanes) is 2. The predicted molar refractivity (Wildman–Crippen MR) is 111 cm³/mol. The third-order valence-corrected chi connectivity index (χ3v) is 7.68. The molecule has 5 nitrogen and oxygen atoms in total. The fourth-order valence-electron chi connectivity index (χ4n) is 6.01. The van der Waals surface area contributed by atoms with E-state index >= 15 is 0 Å². The SMILES string of the molecule is CCCCNC(=O)[C@H]1[C@H](C(=O)NCCCCN2CCCC2)[C@H]2C=C[C@H]1C21CC1. The number of amides is 2. The maximum Gasteiger partial charge on any atom is 0.224 e. The zero-order valence-electron chi connectivity index (χ0n) is 17.4. The van der Waals surface area contributed by atoms with Crippen LogP contribution in [0.1, 0.15) is 58.3 Å². The molecule has 1 spiro atoms. The number of nitrogens with one attached hydrogen (secondary N) is 2. The first kappa shape index (κ1) is 19.9. The summed E-state index contributed by atoms with van der Waals surface area (Å²) in [5.41, 5.74) is 0.227. The van der Waals surface area contributed by atoms with Gasteiger partial charge in [-0.3, -0.25) is 9.59 Å². The van der Waals surface area contributed by atoms with Gasteiger partial charge in [-0.25, -0.2) is 0 Å². The predicted octanol–water partition coefficient (Wildman–Crippen LogP) is 2.72. The largest absolute Gasteiger partial charge is 0.356 e. The van der Waals surface area contributed by atoms with Crippen LogP contribution < -0.4 is 10.6 Å². The molecule has 2 bridgehead atoms. The maximum absolute atomic E-state index is 13.1. The van der Waals surface area contributed by atoms with Crippen molar-refractivity contribution in [3.05, 3.63) is 12.2 Å². The van der Waals surface area contributed by atoms with Crippen molar-refractivity contribution in [2.75, 3.05) is 32.7 Å². The zero-order chi connectivity index (χ0) is 19.6. The maximum atomic E-state index is 13.1. The number of rotatable bonds is 10. The number of hydrogen-bond acceptors (Lipinski definition) is 3. The Bertz CT molecular complexity index is 607. The highest BCUT2D eigenvalue weighted by atomic mass is 16.2. The molecule has 28 heavy (non-hydrogen) atoms. The summed E-state index contributed by atoms with van der Waals surface area (Å²) in [6, 6.07) is 0. The molecule has 0 aromatic rings. The van der Waals surface area contributed by atoms with Crippen molar-refractivity contribution in [3.8, 4) is 0 Å². The van der Waals surface area contributed by atoms with Gasteiger partial charge in [0.1, 0.15) is 0 Å². The molecule has 1 saturated heterocycles. The molecule has 3 fully saturated rings. The van der Waals surface area contributed by atoms with Crippen LogP contribution >= 0.6 is 0 Å². The first-order valence-corrected chi connectivity index (χ1v) is 11.6. The van der Waals surface area contributed by atoms with Gasteiger partial charge in [-0.2, -0.15) is 0 Å². The van der Waals surface area contributed by atoms with Gasteiger partial charge in [-0.15, -0.1) is 0 Å². The van der Waals surface area contributed by atoms with Gasteiger partial charge >= 0.3 is 0 Å². The summed E-state index contributed by atoms with van der Waals surface area (Å²) >= 11 is 0. The molecule has 5 heteroatoms. The Kier molecular flexibility index (Phi) is 6.10. The molecule has 4 atom stereocenters. The molecule has 0 unspecified atom stereocenters. The normalized spacial score (nSPS) is 32.2. The van der Waals surface area contributed by atoms with E-state index in [4.69, 9.17) is 0 Å². The third-order valence-electron chi connectivity index (χ3n) is 7.68. The van der Waals surface area contributed by atoms with Crippen molar-refractivity contribution in [2.45, 2.75) is 58.3 Å². The van der Waals surface area contributed by atoms with Crippen LogP contribution in [-0.2, 0) is 9.59 Å². The van der Waals surface area contributed by atoms with Crippen LogP contribution in [0.5, 0.6) is 0 Å². The van der Waals surface area contributed by atoms with Crippen molar-refractivity contribution in [2.24, 2.45) is 29.1 Å². The Labute approximate surface area is 169 Å². The summed E-state index contributed by atoms with van der Waals surface area (Å²) in [6.07, 6.45) is 13.7. The van der Waals surface area contributed by atoms with Crippen LogP contribution in [0.15, 0.2) is 12.2 Å². The van der Waals surface area contributed by atoms with Crippen LogP contribution in [0.25, 0.3) is 0 Å². The molecule has 2 N–H and O–H groups in total. The molecule has 0 aromatic carbocycles. The smallest absolute Gasteiger partial charge is 0.224 e. The van der Waals surface area contributed by atoms with E-state index in [0.717, 1.165) is 45.3 Å². The van der Waals surface area contributed by atoms with E-state index in [0.29, 0.717) is 0 Å². The van der Waals surface area contributed by atoms with Gasteiger partial charge in [0.2, 0.25) is 11.8 Å². The van der Waals surface area contributed by atoms with Crippen molar-refractivity contribution < 1.29 is 9.59 Å². The third kappa shape index (κ3) is 3.74. The van der Waals surface area contributed by atoms with E-state index < -0.39 is 0 Å². The Morgan fingerprint density at radius 1 is 0.929 bits per heavy atom. The summed E-state index contributed by atoms with van der Waals surface area (Å²) in [5, 5.41) is 6.29. The van der Waals surface area contributed by atoms with Crippen molar-refractivity contribution in [3.63, 3.8) is 0 Å². The summed E-state index contributed by atoms with van der Waals surface area (Å²) < 4.78 is 0. The van der Waals surface area contributed by atoms with E-state index in [1.54, 1.807) is 0 Å². The Morgan fingerprint density at radius 2 is 1.50 bits per heavy atom. The summed E-state index contributed by atoms with van der Waals surface area (Å²) in [7, 11) is 0. The molecule has 0 radical (unpaired) electrons. The van der Waals surface area contributed by atoms with Gasteiger partial charge < -0.3 is 15.5 Å². The van der Waals surface area contributed by atoms with Crippen LogP contribution in [-0.4, -0.2) is 49.4 Å². The monoisotopic (exact) mass is 387 g/mol. The molecule has 3 aliphatic carbocycles. The quantitative estimate of drug-likeness (QED) is 0.448. The number of likely N-dealkylation sites (tertiary alicyclic amines) is 1. The van der Waals surface area contributed by atoms with Crippen LogP contribution in [0.2, 0.25) is 0 Å². The molecule has 4 rings (SSSR count). The summed E-state index contributed by atoms with van der Waals surface area (Å²) in [6.45, 7) is 7.22. The fourth-order valence-corrected chi connectivity index (χ4v) is 6.01. The molecule has 1 heterocycles. The van der Waals surface area contributed by atoms with Gasteiger partial charge in [0.05, 0.1) is 11.8 Å². The van der Waals surface area contributed by atoms with Gasteiger partial charge in [0.15, 0.2) is 0 Å². The Morgan fingerprint density at radius 3 is 2.04 bits per heavy atom. The molecule has 4 aliphatic rings. The second-order valence-electron chi connectivity index (χ2n) is 9.41. The molecule has 156 valence electrons. The van der Waals surface area contributed by atoms with Crippen molar-refractivity contribution >= 4 is 11.8 Å². The Hall–Kier alpha value is -1.36.